The molecule has 0 aromatic heterocycles. The average molecular weight is 451 g/mol. The number of rotatable bonds is 20. The number of hydrogen-bond donors (Lipinski definition) is 0. The van der Waals surface area contributed by atoms with Gasteiger partial charge in [0.15, 0.2) is 0 Å². The van der Waals surface area contributed by atoms with Crippen molar-refractivity contribution in [2.24, 2.45) is 0 Å². The van der Waals surface area contributed by atoms with Crippen LogP contribution in [0, 0.1) is 0 Å². The molecule has 0 aliphatic rings. The summed E-state index contributed by atoms with van der Waals surface area (Å²) in [6, 6.07) is 0. The fourth-order valence-electron chi connectivity index (χ4n) is 4.18. The van der Waals surface area contributed by atoms with E-state index in [-0.39, 0.29) is 0 Å². The van der Waals surface area contributed by atoms with Gasteiger partial charge in [-0.25, -0.2) is 0 Å². The minimum atomic E-state index is -0.511. The van der Waals surface area contributed by atoms with Gasteiger partial charge >= 0.3 is 174 Å². The van der Waals surface area contributed by atoms with Gasteiger partial charge in [0.1, 0.15) is 0 Å². The molecule has 1 heteroatoms. The summed E-state index contributed by atoms with van der Waals surface area (Å²) in [5.74, 6) is 0. The van der Waals surface area contributed by atoms with Crippen LogP contribution in [-0.4, -0.2) is 0 Å². The Hall–Kier alpha value is 0.922. The van der Waals surface area contributed by atoms with Gasteiger partial charge in [-0.05, 0) is 0 Å². The van der Waals surface area contributed by atoms with Crippen molar-refractivity contribution < 1.29 is 24.2 Å². The molecule has 2 atom stereocenters. The van der Waals surface area contributed by atoms with Crippen LogP contribution in [0.3, 0.4) is 0 Å². The first-order chi connectivity index (χ1) is 12.2. The summed E-state index contributed by atoms with van der Waals surface area (Å²) in [5.41, 5.74) is 0. The molecule has 0 saturated heterocycles. The van der Waals surface area contributed by atoms with Crippen molar-refractivity contribution in [3.63, 3.8) is 0 Å². The summed E-state index contributed by atoms with van der Waals surface area (Å²) in [6.45, 7) is 9.79. The summed E-state index contributed by atoms with van der Waals surface area (Å²) < 4.78 is 2.32. The molecule has 0 aliphatic heterocycles. The maximum absolute atomic E-state index is 2.58. The van der Waals surface area contributed by atoms with Crippen LogP contribution in [0.2, 0.25) is 6.95 Å². The van der Waals surface area contributed by atoms with E-state index in [0.29, 0.717) is 0 Å². The third-order valence-corrected chi connectivity index (χ3v) is 12.8. The molecule has 0 rings (SSSR count). The SMILES string of the molecule is CCCCCCCCCC[CH](C)[Cd][CH](C)CCCCCCCCCC. The van der Waals surface area contributed by atoms with E-state index in [2.05, 4.69) is 27.7 Å². The van der Waals surface area contributed by atoms with E-state index >= 15 is 0 Å². The average Bonchev–Trinajstić information content (AvgIpc) is 2.59. The molecule has 0 fully saturated rings. The van der Waals surface area contributed by atoms with E-state index in [0.717, 1.165) is 6.95 Å². The molecule has 0 N–H and O–H groups in total. The molecule has 0 aliphatic carbocycles. The van der Waals surface area contributed by atoms with Crippen molar-refractivity contribution in [2.45, 2.75) is 150 Å². The van der Waals surface area contributed by atoms with E-state index in [4.69, 9.17) is 0 Å². The zero-order valence-corrected chi connectivity index (χ0v) is 22.6. The van der Waals surface area contributed by atoms with E-state index in [1.165, 1.54) is 103 Å². The predicted molar refractivity (Wildman–Crippen MR) is 113 cm³/mol. The molecule has 0 radical (unpaired) electrons. The topological polar surface area (TPSA) is 0 Å². The van der Waals surface area contributed by atoms with Crippen molar-refractivity contribution in [1.82, 2.24) is 0 Å². The fraction of sp³-hybridized carbons (Fsp3) is 1.00. The summed E-state index contributed by atoms with van der Waals surface area (Å²) in [7, 11) is 0. The molecular weight excluding hydrogens is 401 g/mol. The van der Waals surface area contributed by atoms with E-state index in [1.54, 1.807) is 12.8 Å². The Morgan fingerprint density at radius 2 is 0.720 bits per heavy atom. The van der Waals surface area contributed by atoms with Crippen molar-refractivity contribution >= 4 is 0 Å². The molecule has 25 heavy (non-hydrogen) atoms. The summed E-state index contributed by atoms with van der Waals surface area (Å²) in [6.07, 6.45) is 26.7. The van der Waals surface area contributed by atoms with Crippen LogP contribution >= 0.6 is 0 Å². The first kappa shape index (κ1) is 25.9. The Morgan fingerprint density at radius 3 is 1.04 bits per heavy atom. The van der Waals surface area contributed by atoms with Crippen molar-refractivity contribution in [2.75, 3.05) is 0 Å². The number of unbranched alkanes of at least 4 members (excludes halogenated alkanes) is 14. The van der Waals surface area contributed by atoms with Gasteiger partial charge in [-0.15, -0.1) is 0 Å². The van der Waals surface area contributed by atoms with Crippen molar-refractivity contribution in [3.05, 3.63) is 0 Å². The van der Waals surface area contributed by atoms with Gasteiger partial charge in [0.2, 0.25) is 0 Å². The zero-order valence-electron chi connectivity index (χ0n) is 18.6. The van der Waals surface area contributed by atoms with Gasteiger partial charge < -0.3 is 0 Å². The minimum absolute atomic E-state index is 0.511. The quantitative estimate of drug-likeness (QED) is 0.128. The fourth-order valence-corrected chi connectivity index (χ4v) is 11.1. The Bertz CT molecular complexity index is 214. The second-order valence-corrected chi connectivity index (χ2v) is 18.3. The van der Waals surface area contributed by atoms with Gasteiger partial charge in [0.05, 0.1) is 0 Å². The molecule has 0 amide bonds. The van der Waals surface area contributed by atoms with Crippen molar-refractivity contribution in [1.29, 1.82) is 0 Å². The zero-order chi connectivity index (χ0) is 18.6. The number of hydrogen-bond acceptors (Lipinski definition) is 0. The molecule has 2 unspecified atom stereocenters. The summed E-state index contributed by atoms with van der Waals surface area (Å²) in [5, 5.41) is 0. The van der Waals surface area contributed by atoms with Crippen LogP contribution in [0.5, 0.6) is 0 Å². The summed E-state index contributed by atoms with van der Waals surface area (Å²) in [4.78, 5) is 0. The monoisotopic (exact) mass is 452 g/mol. The van der Waals surface area contributed by atoms with E-state index in [9.17, 15) is 0 Å². The van der Waals surface area contributed by atoms with Crippen molar-refractivity contribution in [3.8, 4) is 0 Å². The van der Waals surface area contributed by atoms with Crippen LogP contribution in [0.1, 0.15) is 143 Å². The van der Waals surface area contributed by atoms with Gasteiger partial charge in [0.25, 0.3) is 0 Å². The van der Waals surface area contributed by atoms with Gasteiger partial charge in [-0.3, -0.25) is 0 Å². The molecule has 0 heterocycles. The second kappa shape index (κ2) is 21.2. The van der Waals surface area contributed by atoms with Crippen LogP contribution in [0.25, 0.3) is 0 Å². The first-order valence-electron chi connectivity index (χ1n) is 12.2. The van der Waals surface area contributed by atoms with E-state index < -0.39 is 24.2 Å². The third-order valence-electron chi connectivity index (χ3n) is 5.91. The normalized spacial score (nSPS) is 13.6. The van der Waals surface area contributed by atoms with Gasteiger partial charge in [0, 0.05) is 0 Å². The molecule has 0 saturated carbocycles. The standard InChI is InChI=1S/2C12H25.Cd/c2*1-3-5-7-9-11-12-10-8-6-4-2;/h2*3H,4-12H2,1-2H3;. The molecule has 0 bridgehead atoms. The van der Waals surface area contributed by atoms with Gasteiger partial charge in [-0.1, -0.05) is 0 Å². The van der Waals surface area contributed by atoms with Crippen LogP contribution in [0.15, 0.2) is 0 Å². The molecule has 0 spiro atoms. The predicted octanol–water partition coefficient (Wildman–Crippen LogP) is 9.75. The molecule has 148 valence electrons. The Morgan fingerprint density at radius 1 is 0.440 bits per heavy atom. The summed E-state index contributed by atoms with van der Waals surface area (Å²) >= 11 is -0.511. The van der Waals surface area contributed by atoms with Crippen LogP contribution < -0.4 is 0 Å². The van der Waals surface area contributed by atoms with Crippen LogP contribution in [0.4, 0.5) is 0 Å². The Labute approximate surface area is 173 Å². The maximum atomic E-state index is 2.58. The molecular formula is C24H50Cd. The second-order valence-electron chi connectivity index (χ2n) is 8.97. The van der Waals surface area contributed by atoms with Crippen LogP contribution in [-0.2, 0) is 24.2 Å². The Kier molecular flexibility index (Phi) is 22.0. The molecule has 0 aromatic carbocycles. The Balaban J connectivity index is 3.31. The third kappa shape index (κ3) is 21.1. The van der Waals surface area contributed by atoms with E-state index in [1.807, 2.05) is 0 Å². The first-order valence-corrected chi connectivity index (χ1v) is 16.9. The molecule has 0 aromatic rings. The molecule has 0 nitrogen and oxygen atoms in total. The van der Waals surface area contributed by atoms with Gasteiger partial charge in [-0.2, -0.15) is 0 Å².